The first kappa shape index (κ1) is 14.4. The Morgan fingerprint density at radius 3 is 2.76 bits per heavy atom. The number of carbonyl (C=O) groups is 1. The summed E-state index contributed by atoms with van der Waals surface area (Å²) < 4.78 is 0. The van der Waals surface area contributed by atoms with E-state index in [1.165, 1.54) is 18.2 Å². The minimum atomic E-state index is -0.533. The summed E-state index contributed by atoms with van der Waals surface area (Å²) in [6.45, 7) is 0.255. The third-order valence-corrected chi connectivity index (χ3v) is 2.88. The van der Waals surface area contributed by atoms with E-state index < -0.39 is 10.8 Å². The highest BCUT2D eigenvalue weighted by Gasteiger charge is 2.16. The zero-order valence-electron chi connectivity index (χ0n) is 11.4. The Labute approximate surface area is 121 Å². The Kier molecular flexibility index (Phi) is 4.45. The molecule has 0 fully saturated rings. The molecular weight excluding hydrogens is 272 g/mol. The van der Waals surface area contributed by atoms with Gasteiger partial charge in [0, 0.05) is 31.1 Å². The fraction of sp³-hybridized carbons (Fsp3) is 0.143. The molecular formula is C14H14N4O3. The van der Waals surface area contributed by atoms with Crippen molar-refractivity contribution < 1.29 is 9.72 Å². The second-order valence-corrected chi connectivity index (χ2v) is 4.24. The zero-order chi connectivity index (χ0) is 15.2. The van der Waals surface area contributed by atoms with Crippen LogP contribution in [0, 0.1) is 10.1 Å². The summed E-state index contributed by atoms with van der Waals surface area (Å²) in [5.41, 5.74) is 1.33. The Morgan fingerprint density at radius 2 is 2.14 bits per heavy atom. The SMILES string of the molecule is CNc1ccc([N+](=O)[O-])cc1C(=O)NCc1ccccn1. The van der Waals surface area contributed by atoms with Crippen molar-refractivity contribution in [2.45, 2.75) is 6.54 Å². The number of nitro benzene ring substituents is 1. The number of anilines is 1. The third-order valence-electron chi connectivity index (χ3n) is 2.88. The molecule has 0 aliphatic carbocycles. The van der Waals surface area contributed by atoms with Crippen molar-refractivity contribution in [3.8, 4) is 0 Å². The van der Waals surface area contributed by atoms with E-state index in [9.17, 15) is 14.9 Å². The molecule has 0 aliphatic heterocycles. The molecule has 0 unspecified atom stereocenters. The molecule has 1 amide bonds. The predicted molar refractivity (Wildman–Crippen MR) is 78.1 cm³/mol. The molecule has 0 saturated heterocycles. The van der Waals surface area contributed by atoms with E-state index in [0.29, 0.717) is 11.4 Å². The lowest BCUT2D eigenvalue weighted by atomic mass is 10.1. The molecule has 2 rings (SSSR count). The number of amides is 1. The van der Waals surface area contributed by atoms with Gasteiger partial charge in [-0.1, -0.05) is 6.07 Å². The van der Waals surface area contributed by atoms with Gasteiger partial charge in [0.1, 0.15) is 0 Å². The first-order valence-electron chi connectivity index (χ1n) is 6.26. The Balaban J connectivity index is 2.17. The monoisotopic (exact) mass is 286 g/mol. The van der Waals surface area contributed by atoms with E-state index in [1.807, 2.05) is 6.07 Å². The van der Waals surface area contributed by atoms with Crippen molar-refractivity contribution in [2.24, 2.45) is 0 Å². The number of hydrogen-bond acceptors (Lipinski definition) is 5. The van der Waals surface area contributed by atoms with Gasteiger partial charge in [-0.05, 0) is 18.2 Å². The molecule has 0 aliphatic rings. The molecule has 0 radical (unpaired) electrons. The normalized spacial score (nSPS) is 9.95. The van der Waals surface area contributed by atoms with Gasteiger partial charge in [0.05, 0.1) is 22.7 Å². The van der Waals surface area contributed by atoms with Crippen LogP contribution in [0.15, 0.2) is 42.6 Å². The summed E-state index contributed by atoms with van der Waals surface area (Å²) in [4.78, 5) is 26.5. The first-order valence-corrected chi connectivity index (χ1v) is 6.26. The van der Waals surface area contributed by atoms with Crippen LogP contribution in [-0.4, -0.2) is 22.9 Å². The van der Waals surface area contributed by atoms with Gasteiger partial charge in [-0.15, -0.1) is 0 Å². The first-order chi connectivity index (χ1) is 10.1. The van der Waals surface area contributed by atoms with Crippen molar-refractivity contribution in [2.75, 3.05) is 12.4 Å². The summed E-state index contributed by atoms with van der Waals surface area (Å²) in [5, 5.41) is 16.3. The fourth-order valence-corrected chi connectivity index (χ4v) is 1.82. The molecule has 2 aromatic rings. The smallest absolute Gasteiger partial charge is 0.270 e. The zero-order valence-corrected chi connectivity index (χ0v) is 11.4. The number of rotatable bonds is 5. The number of nitrogens with one attached hydrogen (secondary N) is 2. The Bertz CT molecular complexity index is 659. The van der Waals surface area contributed by atoms with Gasteiger partial charge in [0.2, 0.25) is 0 Å². The molecule has 2 N–H and O–H groups in total. The highest BCUT2D eigenvalue weighted by Crippen LogP contribution is 2.21. The van der Waals surface area contributed by atoms with Crippen molar-refractivity contribution in [3.05, 3.63) is 64.0 Å². The molecule has 108 valence electrons. The Morgan fingerprint density at radius 1 is 1.33 bits per heavy atom. The maximum Gasteiger partial charge on any atom is 0.270 e. The number of aromatic nitrogens is 1. The van der Waals surface area contributed by atoms with E-state index in [2.05, 4.69) is 15.6 Å². The number of hydrogen-bond donors (Lipinski definition) is 2. The fourth-order valence-electron chi connectivity index (χ4n) is 1.82. The quantitative estimate of drug-likeness (QED) is 0.647. The number of pyridine rings is 1. The van der Waals surface area contributed by atoms with Gasteiger partial charge in [0.15, 0.2) is 0 Å². The summed E-state index contributed by atoms with van der Waals surface area (Å²) in [5.74, 6) is -0.395. The van der Waals surface area contributed by atoms with Crippen LogP contribution in [0.2, 0.25) is 0 Å². The number of benzene rings is 1. The highest BCUT2D eigenvalue weighted by atomic mass is 16.6. The van der Waals surface area contributed by atoms with E-state index in [0.717, 1.165) is 0 Å². The maximum atomic E-state index is 12.2. The van der Waals surface area contributed by atoms with E-state index in [1.54, 1.807) is 25.4 Å². The molecule has 0 bridgehead atoms. The van der Waals surface area contributed by atoms with Crippen molar-refractivity contribution in [1.29, 1.82) is 0 Å². The standard InChI is InChI=1S/C14H14N4O3/c1-15-13-6-5-11(18(20)21)8-12(13)14(19)17-9-10-4-2-3-7-16-10/h2-8,15H,9H2,1H3,(H,17,19). The van der Waals surface area contributed by atoms with Crippen LogP contribution in [0.3, 0.4) is 0 Å². The molecule has 0 saturated carbocycles. The Hall–Kier alpha value is -2.96. The summed E-state index contributed by atoms with van der Waals surface area (Å²) in [7, 11) is 1.65. The van der Waals surface area contributed by atoms with E-state index in [-0.39, 0.29) is 17.8 Å². The lowest BCUT2D eigenvalue weighted by molar-refractivity contribution is -0.384. The topological polar surface area (TPSA) is 97.2 Å². The maximum absolute atomic E-state index is 12.2. The number of nitrogens with zero attached hydrogens (tertiary/aromatic N) is 2. The van der Waals surface area contributed by atoms with Crippen molar-refractivity contribution >= 4 is 17.3 Å². The summed E-state index contributed by atoms with van der Waals surface area (Å²) in [6, 6.07) is 9.49. The van der Waals surface area contributed by atoms with Crippen LogP contribution in [-0.2, 0) is 6.54 Å². The molecule has 7 nitrogen and oxygen atoms in total. The van der Waals surface area contributed by atoms with E-state index >= 15 is 0 Å². The van der Waals surface area contributed by atoms with Crippen LogP contribution < -0.4 is 10.6 Å². The average molecular weight is 286 g/mol. The molecule has 21 heavy (non-hydrogen) atoms. The van der Waals surface area contributed by atoms with Gasteiger partial charge in [-0.2, -0.15) is 0 Å². The minimum absolute atomic E-state index is 0.128. The van der Waals surface area contributed by atoms with Gasteiger partial charge in [0.25, 0.3) is 11.6 Å². The van der Waals surface area contributed by atoms with Crippen LogP contribution in [0.25, 0.3) is 0 Å². The second kappa shape index (κ2) is 6.47. The molecule has 0 atom stereocenters. The molecule has 1 aromatic heterocycles. The molecule has 0 spiro atoms. The minimum Gasteiger partial charge on any atom is -0.387 e. The van der Waals surface area contributed by atoms with Crippen molar-refractivity contribution in [1.82, 2.24) is 10.3 Å². The number of non-ortho nitro benzene ring substituents is 1. The van der Waals surface area contributed by atoms with Gasteiger partial charge in [-0.25, -0.2) is 0 Å². The van der Waals surface area contributed by atoms with Crippen molar-refractivity contribution in [3.63, 3.8) is 0 Å². The van der Waals surface area contributed by atoms with Crippen LogP contribution in [0.4, 0.5) is 11.4 Å². The van der Waals surface area contributed by atoms with Crippen LogP contribution in [0.5, 0.6) is 0 Å². The van der Waals surface area contributed by atoms with Gasteiger partial charge >= 0.3 is 0 Å². The lowest BCUT2D eigenvalue weighted by Crippen LogP contribution is -2.24. The average Bonchev–Trinajstić information content (AvgIpc) is 2.52. The van der Waals surface area contributed by atoms with E-state index in [4.69, 9.17) is 0 Å². The predicted octanol–water partition coefficient (Wildman–Crippen LogP) is 1.96. The molecule has 1 aromatic carbocycles. The third kappa shape index (κ3) is 3.53. The number of carbonyl (C=O) groups excluding carboxylic acids is 1. The molecule has 7 heteroatoms. The van der Waals surface area contributed by atoms with Crippen LogP contribution in [0.1, 0.15) is 16.1 Å². The largest absolute Gasteiger partial charge is 0.387 e. The van der Waals surface area contributed by atoms with Gasteiger partial charge < -0.3 is 10.6 Å². The lowest BCUT2D eigenvalue weighted by Gasteiger charge is -2.09. The van der Waals surface area contributed by atoms with Gasteiger partial charge in [-0.3, -0.25) is 19.9 Å². The second-order valence-electron chi connectivity index (χ2n) is 4.24. The number of nitro groups is 1. The summed E-state index contributed by atoms with van der Waals surface area (Å²) in [6.07, 6.45) is 1.63. The summed E-state index contributed by atoms with van der Waals surface area (Å²) >= 11 is 0. The van der Waals surface area contributed by atoms with Crippen LogP contribution >= 0.6 is 0 Å². The highest BCUT2D eigenvalue weighted by molar-refractivity contribution is 6.00. The molecule has 1 heterocycles.